The minimum Gasteiger partial charge on any atom is -0.379 e. The highest BCUT2D eigenvalue weighted by Gasteiger charge is 2.16. The summed E-state index contributed by atoms with van der Waals surface area (Å²) in [5, 5.41) is 14.0. The first kappa shape index (κ1) is 15.6. The van der Waals surface area contributed by atoms with Gasteiger partial charge in [-0.25, -0.2) is 4.68 Å². The van der Waals surface area contributed by atoms with Crippen LogP contribution in [0.15, 0.2) is 30.6 Å². The number of hydrogen-bond donors (Lipinski definition) is 1. The fourth-order valence-electron chi connectivity index (χ4n) is 2.57. The molecule has 1 N–H and O–H groups in total. The number of morpholine rings is 1. The number of ether oxygens (including phenoxy) is 1. The average Bonchev–Trinajstić information content (AvgIpc) is 3.10. The quantitative estimate of drug-likeness (QED) is 0.843. The molecule has 2 aromatic rings. The minimum absolute atomic E-state index is 0.0750. The Morgan fingerprint density at radius 3 is 2.70 bits per heavy atom. The van der Waals surface area contributed by atoms with Crippen LogP contribution >= 0.6 is 0 Å². The second-order valence-corrected chi connectivity index (χ2v) is 5.59. The second-order valence-electron chi connectivity index (χ2n) is 5.59. The van der Waals surface area contributed by atoms with E-state index in [2.05, 4.69) is 25.7 Å². The molecule has 1 aromatic heterocycles. The van der Waals surface area contributed by atoms with E-state index in [0.29, 0.717) is 5.56 Å². The number of nitrogens with one attached hydrogen (secondary N) is 1. The zero-order valence-corrected chi connectivity index (χ0v) is 13.1. The Bertz CT molecular complexity index is 622. The number of carbonyl (C=O) groups excluding carboxylic acids is 1. The van der Waals surface area contributed by atoms with Gasteiger partial charge in [-0.3, -0.25) is 9.69 Å². The van der Waals surface area contributed by atoms with E-state index in [4.69, 9.17) is 4.74 Å². The summed E-state index contributed by atoms with van der Waals surface area (Å²) in [6.07, 6.45) is 1.51. The molecule has 0 unspecified atom stereocenters. The molecular weight excluding hydrogens is 296 g/mol. The Morgan fingerprint density at radius 2 is 2.04 bits per heavy atom. The van der Waals surface area contributed by atoms with Crippen molar-refractivity contribution in [1.82, 2.24) is 30.4 Å². The number of aromatic nitrogens is 4. The van der Waals surface area contributed by atoms with Crippen LogP contribution in [0.25, 0.3) is 5.69 Å². The first-order valence-electron chi connectivity index (χ1n) is 7.67. The molecule has 8 nitrogen and oxygen atoms in total. The Morgan fingerprint density at radius 1 is 1.30 bits per heavy atom. The van der Waals surface area contributed by atoms with Gasteiger partial charge in [-0.05, 0) is 41.6 Å². The first-order valence-corrected chi connectivity index (χ1v) is 7.67. The van der Waals surface area contributed by atoms with E-state index >= 15 is 0 Å². The third kappa shape index (κ3) is 4.11. The van der Waals surface area contributed by atoms with Crippen molar-refractivity contribution in [3.8, 4) is 5.69 Å². The zero-order valence-electron chi connectivity index (χ0n) is 13.1. The summed E-state index contributed by atoms with van der Waals surface area (Å²) in [4.78, 5) is 14.6. The number of tetrazole rings is 1. The molecule has 1 aliphatic rings. The van der Waals surface area contributed by atoms with Gasteiger partial charge in [-0.15, -0.1) is 5.10 Å². The molecule has 1 aromatic carbocycles. The van der Waals surface area contributed by atoms with E-state index in [1.54, 1.807) is 16.8 Å². The summed E-state index contributed by atoms with van der Waals surface area (Å²) in [6, 6.07) is 7.26. The van der Waals surface area contributed by atoms with Gasteiger partial charge in [-0.1, -0.05) is 0 Å². The summed E-state index contributed by atoms with van der Waals surface area (Å²) in [6.45, 7) is 6.21. The van der Waals surface area contributed by atoms with E-state index in [1.165, 1.54) is 6.33 Å². The lowest BCUT2D eigenvalue weighted by Gasteiger charge is -2.29. The van der Waals surface area contributed by atoms with Crippen molar-refractivity contribution < 1.29 is 9.53 Å². The van der Waals surface area contributed by atoms with Gasteiger partial charge in [0.1, 0.15) is 6.33 Å². The highest BCUT2D eigenvalue weighted by molar-refractivity contribution is 5.94. The maximum atomic E-state index is 12.3. The van der Waals surface area contributed by atoms with Crippen LogP contribution < -0.4 is 5.32 Å². The molecular formula is C15H20N6O2. The van der Waals surface area contributed by atoms with Gasteiger partial charge >= 0.3 is 0 Å². The predicted molar refractivity (Wildman–Crippen MR) is 83.3 cm³/mol. The maximum absolute atomic E-state index is 12.3. The monoisotopic (exact) mass is 316 g/mol. The second kappa shape index (κ2) is 7.30. The Hall–Kier alpha value is -2.32. The van der Waals surface area contributed by atoms with E-state index in [9.17, 15) is 4.79 Å². The van der Waals surface area contributed by atoms with Crippen LogP contribution in [0.2, 0.25) is 0 Å². The molecule has 0 radical (unpaired) electrons. The zero-order chi connectivity index (χ0) is 16.1. The van der Waals surface area contributed by atoms with E-state index in [0.717, 1.165) is 38.5 Å². The molecule has 0 bridgehead atoms. The fraction of sp³-hybridized carbons (Fsp3) is 0.467. The molecule has 1 aliphatic heterocycles. The van der Waals surface area contributed by atoms with Crippen LogP contribution in [-0.2, 0) is 4.74 Å². The molecule has 23 heavy (non-hydrogen) atoms. The highest BCUT2D eigenvalue weighted by Crippen LogP contribution is 2.08. The lowest BCUT2D eigenvalue weighted by Crippen LogP contribution is -2.46. The van der Waals surface area contributed by atoms with Crippen LogP contribution in [-0.4, -0.2) is 69.9 Å². The Labute approximate surface area is 134 Å². The summed E-state index contributed by atoms with van der Waals surface area (Å²) in [7, 11) is 0. The largest absolute Gasteiger partial charge is 0.379 e. The van der Waals surface area contributed by atoms with Crippen molar-refractivity contribution in [3.63, 3.8) is 0 Å². The number of benzene rings is 1. The molecule has 8 heteroatoms. The molecule has 122 valence electrons. The van der Waals surface area contributed by atoms with Crippen molar-refractivity contribution in [2.75, 3.05) is 32.8 Å². The fourth-order valence-corrected chi connectivity index (χ4v) is 2.57. The van der Waals surface area contributed by atoms with Crippen LogP contribution in [0.5, 0.6) is 0 Å². The number of carbonyl (C=O) groups is 1. The normalized spacial score (nSPS) is 16.9. The van der Waals surface area contributed by atoms with Crippen LogP contribution in [0.1, 0.15) is 17.3 Å². The lowest BCUT2D eigenvalue weighted by atomic mass is 10.1. The lowest BCUT2D eigenvalue weighted by molar-refractivity contribution is 0.0342. The number of nitrogens with zero attached hydrogens (tertiary/aromatic N) is 5. The van der Waals surface area contributed by atoms with Gasteiger partial charge in [0.2, 0.25) is 0 Å². The van der Waals surface area contributed by atoms with Crippen LogP contribution in [0, 0.1) is 0 Å². The third-order valence-electron chi connectivity index (χ3n) is 3.76. The smallest absolute Gasteiger partial charge is 0.251 e. The molecule has 2 heterocycles. The molecule has 1 atom stereocenters. The van der Waals surface area contributed by atoms with E-state index < -0.39 is 0 Å². The highest BCUT2D eigenvalue weighted by atomic mass is 16.5. The SMILES string of the molecule is C[C@H](CN1CCOCC1)NC(=O)c1ccc(-n2cnnn2)cc1. The summed E-state index contributed by atoms with van der Waals surface area (Å²) in [5.41, 5.74) is 1.43. The maximum Gasteiger partial charge on any atom is 0.251 e. The van der Waals surface area contributed by atoms with Crippen molar-refractivity contribution >= 4 is 5.91 Å². The Balaban J connectivity index is 1.55. The van der Waals surface area contributed by atoms with Crippen molar-refractivity contribution in [1.29, 1.82) is 0 Å². The minimum atomic E-state index is -0.0750. The molecule has 1 saturated heterocycles. The summed E-state index contributed by atoms with van der Waals surface area (Å²) < 4.78 is 6.87. The molecule has 0 aliphatic carbocycles. The molecule has 0 spiro atoms. The van der Waals surface area contributed by atoms with Gasteiger partial charge in [0.15, 0.2) is 0 Å². The number of amides is 1. The standard InChI is InChI=1S/C15H20N6O2/c1-12(10-20-6-8-23-9-7-20)17-15(22)13-2-4-14(5-3-13)21-11-16-18-19-21/h2-5,11-12H,6-10H2,1H3,(H,17,22)/t12-/m1/s1. The van der Waals surface area contributed by atoms with Gasteiger partial charge in [0, 0.05) is 31.2 Å². The van der Waals surface area contributed by atoms with Crippen molar-refractivity contribution in [2.24, 2.45) is 0 Å². The van der Waals surface area contributed by atoms with Gasteiger partial charge < -0.3 is 10.1 Å². The van der Waals surface area contributed by atoms with Crippen molar-refractivity contribution in [2.45, 2.75) is 13.0 Å². The average molecular weight is 316 g/mol. The van der Waals surface area contributed by atoms with Crippen LogP contribution in [0.3, 0.4) is 0 Å². The Kier molecular flexibility index (Phi) is 4.94. The van der Waals surface area contributed by atoms with E-state index in [1.807, 2.05) is 19.1 Å². The van der Waals surface area contributed by atoms with E-state index in [-0.39, 0.29) is 11.9 Å². The van der Waals surface area contributed by atoms with Gasteiger partial charge in [-0.2, -0.15) is 0 Å². The molecule has 3 rings (SSSR count). The van der Waals surface area contributed by atoms with Gasteiger partial charge in [0.25, 0.3) is 5.91 Å². The topological polar surface area (TPSA) is 85.2 Å². The first-order chi connectivity index (χ1) is 11.2. The third-order valence-corrected chi connectivity index (χ3v) is 3.76. The van der Waals surface area contributed by atoms with Gasteiger partial charge in [0.05, 0.1) is 18.9 Å². The molecule has 0 saturated carbocycles. The predicted octanol–water partition coefficient (Wildman–Crippen LogP) is 0.113. The summed E-state index contributed by atoms with van der Waals surface area (Å²) in [5.74, 6) is -0.0750. The number of hydrogen-bond acceptors (Lipinski definition) is 6. The summed E-state index contributed by atoms with van der Waals surface area (Å²) >= 11 is 0. The molecule has 1 fully saturated rings. The number of rotatable bonds is 5. The molecule has 1 amide bonds. The van der Waals surface area contributed by atoms with Crippen LogP contribution in [0.4, 0.5) is 0 Å². The van der Waals surface area contributed by atoms with Crippen molar-refractivity contribution in [3.05, 3.63) is 36.2 Å².